The van der Waals surface area contributed by atoms with E-state index in [4.69, 9.17) is 9.47 Å². The van der Waals surface area contributed by atoms with Crippen molar-refractivity contribution in [3.8, 4) is 0 Å². The third-order valence-electron chi connectivity index (χ3n) is 11.9. The lowest BCUT2D eigenvalue weighted by Crippen LogP contribution is -2.55. The summed E-state index contributed by atoms with van der Waals surface area (Å²) in [7, 11) is 0. The van der Waals surface area contributed by atoms with Crippen LogP contribution in [0, 0.1) is 46.3 Å². The number of ether oxygens (including phenoxy) is 2. The van der Waals surface area contributed by atoms with E-state index in [2.05, 4.69) is 47.6 Å². The molecule has 3 saturated carbocycles. The number of carbonyl (C=O) groups excluding carboxylic acids is 1. The molecule has 0 amide bonds. The molecule has 0 spiro atoms. The number of fused-ring (bicyclic) bond motifs is 5. The van der Waals surface area contributed by atoms with Gasteiger partial charge in [-0.2, -0.15) is 0 Å². The molecule has 1 aromatic carbocycles. The molecule has 0 N–H and O–H groups in total. The SMILES string of the molecule is CCO[C@@H]1C=C2C[C@H](OC(=O)c3ccccc3)CC[C@]2(C)[C@H]2CC[C@]3(C)[C@@H]([C@@H](C)CCCC(C)C)CC[C@H]3[C@H]12. The van der Waals surface area contributed by atoms with Gasteiger partial charge >= 0.3 is 5.97 Å². The summed E-state index contributed by atoms with van der Waals surface area (Å²) in [6, 6.07) is 9.45. The van der Waals surface area contributed by atoms with E-state index in [9.17, 15) is 4.79 Å². The van der Waals surface area contributed by atoms with Gasteiger partial charge in [-0.05, 0) is 104 Å². The molecule has 0 aliphatic heterocycles. The molecule has 0 saturated heterocycles. The quantitative estimate of drug-likeness (QED) is 0.234. The van der Waals surface area contributed by atoms with E-state index in [1.165, 1.54) is 50.5 Å². The fourth-order valence-electron chi connectivity index (χ4n) is 9.86. The van der Waals surface area contributed by atoms with Crippen molar-refractivity contribution in [2.24, 2.45) is 46.3 Å². The fraction of sp³-hybridized carbons (Fsp3) is 0.750. The number of esters is 1. The van der Waals surface area contributed by atoms with Gasteiger partial charge < -0.3 is 9.47 Å². The normalized spacial score (nSPS) is 38.4. The first-order chi connectivity index (χ1) is 18.7. The Morgan fingerprint density at radius 1 is 0.974 bits per heavy atom. The van der Waals surface area contributed by atoms with Crippen LogP contribution in [0.2, 0.25) is 0 Å². The molecule has 39 heavy (non-hydrogen) atoms. The smallest absolute Gasteiger partial charge is 0.338 e. The van der Waals surface area contributed by atoms with Crippen molar-refractivity contribution in [2.45, 2.75) is 118 Å². The summed E-state index contributed by atoms with van der Waals surface area (Å²) in [5.41, 5.74) is 2.80. The first kappa shape index (κ1) is 28.9. The van der Waals surface area contributed by atoms with Crippen molar-refractivity contribution in [2.75, 3.05) is 6.61 Å². The molecule has 3 fully saturated rings. The minimum Gasteiger partial charge on any atom is -0.458 e. The van der Waals surface area contributed by atoms with Gasteiger partial charge in [0.05, 0.1) is 11.7 Å². The highest BCUT2D eigenvalue weighted by molar-refractivity contribution is 5.89. The van der Waals surface area contributed by atoms with E-state index in [1.807, 2.05) is 30.3 Å². The predicted octanol–water partition coefficient (Wildman–Crippen LogP) is 9.27. The Hall–Kier alpha value is -1.61. The summed E-state index contributed by atoms with van der Waals surface area (Å²) in [6.45, 7) is 15.4. The van der Waals surface area contributed by atoms with Gasteiger partial charge in [-0.1, -0.05) is 83.7 Å². The summed E-state index contributed by atoms with van der Waals surface area (Å²) in [4.78, 5) is 12.8. The van der Waals surface area contributed by atoms with Gasteiger partial charge in [-0.3, -0.25) is 0 Å². The predicted molar refractivity (Wildman–Crippen MR) is 159 cm³/mol. The Balaban J connectivity index is 1.34. The molecule has 4 aliphatic rings. The Morgan fingerprint density at radius 3 is 2.46 bits per heavy atom. The molecule has 9 atom stereocenters. The van der Waals surface area contributed by atoms with Crippen molar-refractivity contribution in [1.82, 2.24) is 0 Å². The molecule has 1 aromatic rings. The third kappa shape index (κ3) is 5.51. The monoisotopic (exact) mass is 534 g/mol. The average Bonchev–Trinajstić information content (AvgIpc) is 3.27. The van der Waals surface area contributed by atoms with Crippen molar-refractivity contribution in [3.63, 3.8) is 0 Å². The molecule has 216 valence electrons. The second-order valence-electron chi connectivity index (χ2n) is 14.5. The number of rotatable bonds is 9. The second-order valence-corrected chi connectivity index (χ2v) is 14.5. The molecular weight excluding hydrogens is 480 g/mol. The molecule has 0 aromatic heterocycles. The molecule has 4 aliphatic carbocycles. The van der Waals surface area contributed by atoms with Crippen LogP contribution in [0.3, 0.4) is 0 Å². The highest BCUT2D eigenvalue weighted by Gasteiger charge is 2.61. The maximum atomic E-state index is 12.8. The summed E-state index contributed by atoms with van der Waals surface area (Å²) >= 11 is 0. The number of hydrogen-bond acceptors (Lipinski definition) is 3. The molecule has 0 heterocycles. The van der Waals surface area contributed by atoms with Crippen molar-refractivity contribution in [3.05, 3.63) is 47.5 Å². The first-order valence-corrected chi connectivity index (χ1v) is 16.3. The Kier molecular flexibility index (Phi) is 8.68. The Morgan fingerprint density at radius 2 is 1.74 bits per heavy atom. The van der Waals surface area contributed by atoms with Crippen LogP contribution in [0.1, 0.15) is 116 Å². The van der Waals surface area contributed by atoms with Crippen molar-refractivity contribution < 1.29 is 14.3 Å². The molecule has 5 rings (SSSR count). The van der Waals surface area contributed by atoms with Gasteiger partial charge in [-0.25, -0.2) is 4.79 Å². The Bertz CT molecular complexity index is 1010. The summed E-state index contributed by atoms with van der Waals surface area (Å²) in [5.74, 6) is 4.35. The van der Waals surface area contributed by atoms with Crippen LogP contribution in [0.5, 0.6) is 0 Å². The van der Waals surface area contributed by atoms with Crippen molar-refractivity contribution in [1.29, 1.82) is 0 Å². The maximum absolute atomic E-state index is 12.8. The minimum absolute atomic E-state index is 0.0349. The molecule has 0 radical (unpaired) electrons. The summed E-state index contributed by atoms with van der Waals surface area (Å²) in [5, 5.41) is 0. The number of carbonyl (C=O) groups is 1. The maximum Gasteiger partial charge on any atom is 0.338 e. The van der Waals surface area contributed by atoms with Gasteiger partial charge in [0.2, 0.25) is 0 Å². The topological polar surface area (TPSA) is 35.5 Å². The summed E-state index contributed by atoms with van der Waals surface area (Å²) < 4.78 is 12.6. The zero-order valence-electron chi connectivity index (χ0n) is 25.6. The zero-order chi connectivity index (χ0) is 27.8. The lowest BCUT2D eigenvalue weighted by Gasteiger charge is -2.60. The van der Waals surface area contributed by atoms with Crippen LogP contribution < -0.4 is 0 Å². The number of hydrogen-bond donors (Lipinski definition) is 0. The lowest BCUT2D eigenvalue weighted by molar-refractivity contribution is -0.113. The molecular formula is C36H54O3. The standard InChI is InChI=1S/C36H54O3/c1-7-38-32-23-27-22-28(39-34(37)26-14-9-8-10-15-26)18-20-35(27,5)31-19-21-36(6)29(16-17-30(36)33(31)32)25(4)13-11-12-24(2)3/h8-10,14-15,23-25,28-33H,7,11-13,16-22H2,1-6H3/t25-,28+,29+,30-,31-,32+,33-,35-,36+/m0/s1. The van der Waals surface area contributed by atoms with Gasteiger partial charge in [0, 0.05) is 13.0 Å². The lowest BCUT2D eigenvalue weighted by atomic mass is 9.46. The molecule has 3 nitrogen and oxygen atoms in total. The van der Waals surface area contributed by atoms with E-state index in [1.54, 1.807) is 0 Å². The van der Waals surface area contributed by atoms with E-state index in [-0.39, 0.29) is 23.6 Å². The van der Waals surface area contributed by atoms with E-state index in [0.29, 0.717) is 22.8 Å². The molecule has 0 bridgehead atoms. The van der Waals surface area contributed by atoms with Gasteiger partial charge in [0.25, 0.3) is 0 Å². The average molecular weight is 535 g/mol. The third-order valence-corrected chi connectivity index (χ3v) is 11.9. The highest BCUT2D eigenvalue weighted by Crippen LogP contribution is 2.67. The summed E-state index contributed by atoms with van der Waals surface area (Å²) in [6.07, 6.45) is 15.2. The first-order valence-electron chi connectivity index (χ1n) is 16.3. The van der Waals surface area contributed by atoms with Crippen LogP contribution in [0.15, 0.2) is 42.0 Å². The zero-order valence-corrected chi connectivity index (χ0v) is 25.6. The highest BCUT2D eigenvalue weighted by atomic mass is 16.5. The van der Waals surface area contributed by atoms with E-state index < -0.39 is 0 Å². The Labute approximate surface area is 238 Å². The largest absolute Gasteiger partial charge is 0.458 e. The van der Waals surface area contributed by atoms with Crippen LogP contribution in [0.25, 0.3) is 0 Å². The van der Waals surface area contributed by atoms with Crippen LogP contribution in [-0.4, -0.2) is 24.8 Å². The molecule has 3 heteroatoms. The van der Waals surface area contributed by atoms with E-state index in [0.717, 1.165) is 49.5 Å². The van der Waals surface area contributed by atoms with E-state index >= 15 is 0 Å². The van der Waals surface area contributed by atoms with Gasteiger partial charge in [0.1, 0.15) is 6.10 Å². The van der Waals surface area contributed by atoms with Gasteiger partial charge in [0.15, 0.2) is 0 Å². The second kappa shape index (κ2) is 11.7. The molecule has 0 unspecified atom stereocenters. The number of benzene rings is 1. The van der Waals surface area contributed by atoms with Crippen LogP contribution >= 0.6 is 0 Å². The van der Waals surface area contributed by atoms with Crippen LogP contribution in [0.4, 0.5) is 0 Å². The van der Waals surface area contributed by atoms with Gasteiger partial charge in [-0.15, -0.1) is 0 Å². The van der Waals surface area contributed by atoms with Crippen molar-refractivity contribution >= 4 is 5.97 Å². The minimum atomic E-state index is -0.187. The van der Waals surface area contributed by atoms with Crippen LogP contribution in [-0.2, 0) is 9.47 Å². The fourth-order valence-corrected chi connectivity index (χ4v) is 9.86.